The molecule has 1 aromatic heterocycles. The highest BCUT2D eigenvalue weighted by molar-refractivity contribution is 5.73. The van der Waals surface area contributed by atoms with Crippen molar-refractivity contribution in [3.63, 3.8) is 0 Å². The van der Waals surface area contributed by atoms with Crippen LogP contribution in [0.1, 0.15) is 0 Å². The first-order valence-electron chi connectivity index (χ1n) is 4.37. The second kappa shape index (κ2) is 4.85. The van der Waals surface area contributed by atoms with Crippen molar-refractivity contribution in [2.45, 2.75) is 6.18 Å². The van der Waals surface area contributed by atoms with Gasteiger partial charge in [-0.15, -0.1) is 0 Å². The summed E-state index contributed by atoms with van der Waals surface area (Å²) in [5.74, 6) is -2.06. The maximum atomic E-state index is 12.2. The van der Waals surface area contributed by atoms with Gasteiger partial charge in [-0.25, -0.2) is 4.98 Å². The Morgan fingerprint density at radius 1 is 1.53 bits per heavy atom. The number of nitrogens with zero attached hydrogens (tertiary/aromatic N) is 2. The van der Waals surface area contributed by atoms with E-state index in [1.807, 2.05) is 0 Å². The summed E-state index contributed by atoms with van der Waals surface area (Å²) < 4.78 is 36.6. The molecule has 0 spiro atoms. The number of carboxylic acids is 1. The van der Waals surface area contributed by atoms with Crippen LogP contribution in [0.4, 0.5) is 19.0 Å². The van der Waals surface area contributed by atoms with Crippen LogP contribution in [0.3, 0.4) is 0 Å². The molecule has 0 saturated carbocycles. The smallest absolute Gasteiger partial charge is 0.405 e. The maximum Gasteiger partial charge on any atom is 0.405 e. The molecule has 1 aromatic rings. The quantitative estimate of drug-likeness (QED) is 0.799. The fourth-order valence-corrected chi connectivity index (χ4v) is 1.15. The van der Waals surface area contributed by atoms with Crippen LogP contribution in [0, 0.1) is 0 Å². The lowest BCUT2D eigenvalue weighted by atomic mass is 10.4. The van der Waals surface area contributed by atoms with Crippen LogP contribution < -0.4 is 10.5 Å². The number of hydrogen-bond acceptors (Lipinski definition) is 4. The largest absolute Gasteiger partial charge is 0.480 e. The molecule has 94 valence electrons. The summed E-state index contributed by atoms with van der Waals surface area (Å²) in [6.07, 6.45) is -2.42. The van der Waals surface area contributed by atoms with Crippen LogP contribution in [-0.4, -0.2) is 40.3 Å². The molecule has 9 heteroatoms. The molecule has 0 aliphatic heterocycles. The summed E-state index contributed by atoms with van der Waals surface area (Å²) in [4.78, 5) is 27.5. The van der Waals surface area contributed by atoms with Crippen LogP contribution >= 0.6 is 0 Å². The Morgan fingerprint density at radius 3 is 2.65 bits per heavy atom. The van der Waals surface area contributed by atoms with Crippen molar-refractivity contribution in [1.82, 2.24) is 9.97 Å². The Labute approximate surface area is 92.7 Å². The van der Waals surface area contributed by atoms with Crippen molar-refractivity contribution in [2.75, 3.05) is 18.0 Å². The van der Waals surface area contributed by atoms with Crippen molar-refractivity contribution in [3.8, 4) is 0 Å². The minimum atomic E-state index is -4.63. The number of aliphatic carboxylic acids is 1. The van der Waals surface area contributed by atoms with E-state index in [0.29, 0.717) is 4.90 Å². The molecular formula is C8H8F3N3O3. The molecule has 2 N–H and O–H groups in total. The number of halogens is 3. The molecule has 0 saturated heterocycles. The van der Waals surface area contributed by atoms with E-state index in [4.69, 9.17) is 5.11 Å². The fourth-order valence-electron chi connectivity index (χ4n) is 1.15. The van der Waals surface area contributed by atoms with E-state index in [2.05, 4.69) is 9.97 Å². The summed E-state index contributed by atoms with van der Waals surface area (Å²) in [5, 5.41) is 8.48. The Morgan fingerprint density at radius 2 is 2.18 bits per heavy atom. The van der Waals surface area contributed by atoms with Gasteiger partial charge < -0.3 is 15.0 Å². The maximum absolute atomic E-state index is 12.2. The standard InChI is InChI=1S/C8H8F3N3O3/c9-8(10,11)4-14(3-5(15)16)6-7(17)13-2-1-12-6/h1-2H,3-4H2,(H,13,17)(H,15,16). The lowest BCUT2D eigenvalue weighted by molar-refractivity contribution is -0.136. The Kier molecular flexibility index (Phi) is 3.71. The van der Waals surface area contributed by atoms with Gasteiger partial charge in [-0.1, -0.05) is 0 Å². The third-order valence-corrected chi connectivity index (χ3v) is 1.68. The van der Waals surface area contributed by atoms with Crippen molar-refractivity contribution < 1.29 is 23.1 Å². The van der Waals surface area contributed by atoms with Gasteiger partial charge in [0.1, 0.15) is 13.1 Å². The molecule has 0 bridgehead atoms. The molecule has 0 aromatic carbocycles. The predicted octanol–water partition coefficient (Wildman–Crippen LogP) is 0.223. The minimum absolute atomic E-state index is 0.348. The van der Waals surface area contributed by atoms with E-state index in [-0.39, 0.29) is 0 Å². The number of nitrogens with one attached hydrogen (secondary N) is 1. The van der Waals surface area contributed by atoms with Crippen molar-refractivity contribution >= 4 is 11.8 Å². The molecule has 0 unspecified atom stereocenters. The third kappa shape index (κ3) is 4.13. The predicted molar refractivity (Wildman–Crippen MR) is 50.8 cm³/mol. The second-order valence-electron chi connectivity index (χ2n) is 3.11. The molecule has 0 amide bonds. The van der Waals surface area contributed by atoms with Crippen LogP contribution in [0.15, 0.2) is 17.2 Å². The Bertz CT molecular complexity index is 457. The summed E-state index contributed by atoms with van der Waals surface area (Å²) in [6.45, 7) is -2.51. The highest BCUT2D eigenvalue weighted by atomic mass is 19.4. The number of H-pyrrole nitrogens is 1. The van der Waals surface area contributed by atoms with Crippen LogP contribution in [0.2, 0.25) is 0 Å². The van der Waals surface area contributed by atoms with Gasteiger partial charge in [-0.3, -0.25) is 9.59 Å². The first-order chi connectivity index (χ1) is 7.79. The molecule has 0 fully saturated rings. The van der Waals surface area contributed by atoms with E-state index in [1.54, 1.807) is 0 Å². The average Bonchev–Trinajstić information content (AvgIpc) is 2.14. The van der Waals surface area contributed by atoms with E-state index in [0.717, 1.165) is 12.4 Å². The van der Waals surface area contributed by atoms with Gasteiger partial charge in [0, 0.05) is 12.4 Å². The lowest BCUT2D eigenvalue weighted by Gasteiger charge is -2.21. The molecule has 0 aliphatic rings. The van der Waals surface area contributed by atoms with Crippen molar-refractivity contribution in [3.05, 3.63) is 22.7 Å². The number of aromatic amines is 1. The fraction of sp³-hybridized carbons (Fsp3) is 0.375. The van der Waals surface area contributed by atoms with Gasteiger partial charge in [0.25, 0.3) is 5.56 Å². The molecular weight excluding hydrogens is 243 g/mol. The normalized spacial score (nSPS) is 11.2. The lowest BCUT2D eigenvalue weighted by Crippen LogP contribution is -2.41. The van der Waals surface area contributed by atoms with E-state index < -0.39 is 36.6 Å². The van der Waals surface area contributed by atoms with E-state index >= 15 is 0 Å². The van der Waals surface area contributed by atoms with Crippen LogP contribution in [0.5, 0.6) is 0 Å². The first kappa shape index (κ1) is 13.0. The topological polar surface area (TPSA) is 86.3 Å². The van der Waals surface area contributed by atoms with E-state index in [1.165, 1.54) is 0 Å². The SMILES string of the molecule is O=C(O)CN(CC(F)(F)F)c1ncc[nH]c1=O. The van der Waals surface area contributed by atoms with Gasteiger partial charge in [0.15, 0.2) is 5.82 Å². The number of carbonyl (C=O) groups is 1. The summed E-state index contributed by atoms with van der Waals surface area (Å²) in [7, 11) is 0. The first-order valence-corrected chi connectivity index (χ1v) is 4.37. The second-order valence-corrected chi connectivity index (χ2v) is 3.11. The number of alkyl halides is 3. The zero-order valence-electron chi connectivity index (χ0n) is 8.36. The van der Waals surface area contributed by atoms with Gasteiger partial charge >= 0.3 is 12.1 Å². The molecule has 0 radical (unpaired) electrons. The van der Waals surface area contributed by atoms with Gasteiger partial charge in [-0.05, 0) is 0 Å². The molecule has 1 heterocycles. The number of anilines is 1. The highest BCUT2D eigenvalue weighted by Crippen LogP contribution is 2.18. The molecule has 1 rings (SSSR count). The van der Waals surface area contributed by atoms with Crippen LogP contribution in [-0.2, 0) is 4.79 Å². The Hall–Kier alpha value is -2.06. The molecule has 0 aliphatic carbocycles. The van der Waals surface area contributed by atoms with Gasteiger partial charge in [-0.2, -0.15) is 13.2 Å². The van der Waals surface area contributed by atoms with E-state index in [9.17, 15) is 22.8 Å². The number of aromatic nitrogens is 2. The number of carboxylic acid groups (broad SMARTS) is 1. The zero-order valence-corrected chi connectivity index (χ0v) is 8.36. The van der Waals surface area contributed by atoms with Crippen LogP contribution in [0.25, 0.3) is 0 Å². The minimum Gasteiger partial charge on any atom is -0.480 e. The zero-order chi connectivity index (χ0) is 13.1. The Balaban J connectivity index is 3.02. The molecule has 6 nitrogen and oxygen atoms in total. The molecule has 0 atom stereocenters. The number of hydrogen-bond donors (Lipinski definition) is 2. The third-order valence-electron chi connectivity index (χ3n) is 1.68. The highest BCUT2D eigenvalue weighted by Gasteiger charge is 2.33. The molecule has 17 heavy (non-hydrogen) atoms. The summed E-state index contributed by atoms with van der Waals surface area (Å²) in [5.41, 5.74) is -0.877. The van der Waals surface area contributed by atoms with Crippen molar-refractivity contribution in [1.29, 1.82) is 0 Å². The summed E-state index contributed by atoms with van der Waals surface area (Å²) >= 11 is 0. The summed E-state index contributed by atoms with van der Waals surface area (Å²) in [6, 6.07) is 0. The van der Waals surface area contributed by atoms with Gasteiger partial charge in [0.2, 0.25) is 0 Å². The average molecular weight is 251 g/mol. The number of rotatable bonds is 4. The monoisotopic (exact) mass is 251 g/mol. The van der Waals surface area contributed by atoms with Crippen molar-refractivity contribution in [2.24, 2.45) is 0 Å². The van der Waals surface area contributed by atoms with Gasteiger partial charge in [0.05, 0.1) is 0 Å².